The third kappa shape index (κ3) is 3.37. The van der Waals surface area contributed by atoms with Crippen molar-refractivity contribution >= 4 is 11.6 Å². The van der Waals surface area contributed by atoms with Gasteiger partial charge >= 0.3 is 0 Å². The van der Waals surface area contributed by atoms with E-state index in [4.69, 9.17) is 15.6 Å². The van der Waals surface area contributed by atoms with Gasteiger partial charge < -0.3 is 20.5 Å². The number of carbonyl (C=O) groups is 1. The number of ether oxygens (including phenoxy) is 1. The fraction of sp³-hybridized carbons (Fsp3) is 0.462. The van der Waals surface area contributed by atoms with Crippen LogP contribution in [0.2, 0.25) is 0 Å². The lowest BCUT2D eigenvalue weighted by Gasteiger charge is -2.20. The maximum atomic E-state index is 12.2. The predicted octanol–water partition coefficient (Wildman–Crippen LogP) is 1.12. The average Bonchev–Trinajstić information content (AvgIpc) is 2.39. The Labute approximate surface area is 107 Å². The molecule has 0 aliphatic rings. The highest BCUT2D eigenvalue weighted by Crippen LogP contribution is 2.22. The summed E-state index contributed by atoms with van der Waals surface area (Å²) in [6, 6.07) is 4.99. The highest BCUT2D eigenvalue weighted by molar-refractivity contribution is 5.95. The summed E-state index contributed by atoms with van der Waals surface area (Å²) in [7, 11) is 1.53. The number of nitrogens with zero attached hydrogens (tertiary/aromatic N) is 1. The largest absolute Gasteiger partial charge is 0.495 e. The Morgan fingerprint density at radius 2 is 2.22 bits per heavy atom. The van der Waals surface area contributed by atoms with E-state index >= 15 is 0 Å². The van der Waals surface area contributed by atoms with Gasteiger partial charge in [-0.3, -0.25) is 4.79 Å². The SMILES string of the molecule is CCN(CCCO)C(=O)c1ccc(OC)c(N)c1. The molecule has 5 heteroatoms. The van der Waals surface area contributed by atoms with Crippen LogP contribution >= 0.6 is 0 Å². The lowest BCUT2D eigenvalue weighted by Crippen LogP contribution is -2.32. The summed E-state index contributed by atoms with van der Waals surface area (Å²) in [6.45, 7) is 3.12. The molecule has 0 radical (unpaired) electrons. The van der Waals surface area contributed by atoms with E-state index in [9.17, 15) is 4.79 Å². The molecule has 18 heavy (non-hydrogen) atoms. The number of carbonyl (C=O) groups excluding carboxylic acids is 1. The minimum absolute atomic E-state index is 0.0779. The lowest BCUT2D eigenvalue weighted by atomic mass is 10.1. The number of benzene rings is 1. The van der Waals surface area contributed by atoms with Gasteiger partial charge in [0.15, 0.2) is 0 Å². The molecule has 100 valence electrons. The summed E-state index contributed by atoms with van der Waals surface area (Å²) in [4.78, 5) is 13.9. The lowest BCUT2D eigenvalue weighted by molar-refractivity contribution is 0.0754. The Kier molecular flexibility index (Phi) is 5.45. The molecule has 1 aromatic rings. The molecule has 1 rings (SSSR count). The van der Waals surface area contributed by atoms with Gasteiger partial charge in [0.25, 0.3) is 5.91 Å². The van der Waals surface area contributed by atoms with Gasteiger partial charge in [-0.05, 0) is 31.5 Å². The van der Waals surface area contributed by atoms with Crippen LogP contribution in [0.1, 0.15) is 23.7 Å². The predicted molar refractivity (Wildman–Crippen MR) is 70.7 cm³/mol. The second kappa shape index (κ2) is 6.86. The third-order valence-electron chi connectivity index (χ3n) is 2.73. The molecule has 0 heterocycles. The Morgan fingerprint density at radius 1 is 1.50 bits per heavy atom. The van der Waals surface area contributed by atoms with E-state index in [2.05, 4.69) is 0 Å². The van der Waals surface area contributed by atoms with Crippen molar-refractivity contribution in [2.75, 3.05) is 32.5 Å². The monoisotopic (exact) mass is 252 g/mol. The Bertz CT molecular complexity index is 407. The molecule has 0 spiro atoms. The number of nitrogens with two attached hydrogens (primary N) is 1. The van der Waals surface area contributed by atoms with Gasteiger partial charge in [0.2, 0.25) is 0 Å². The third-order valence-corrected chi connectivity index (χ3v) is 2.73. The maximum Gasteiger partial charge on any atom is 0.253 e. The molecule has 0 aliphatic heterocycles. The fourth-order valence-electron chi connectivity index (χ4n) is 1.71. The van der Waals surface area contributed by atoms with Crippen molar-refractivity contribution in [3.8, 4) is 5.75 Å². The first kappa shape index (κ1) is 14.3. The van der Waals surface area contributed by atoms with Crippen molar-refractivity contribution in [2.45, 2.75) is 13.3 Å². The number of nitrogen functional groups attached to an aromatic ring is 1. The molecule has 0 aromatic heterocycles. The van der Waals surface area contributed by atoms with Gasteiger partial charge in [0, 0.05) is 25.3 Å². The first-order valence-corrected chi connectivity index (χ1v) is 5.97. The minimum atomic E-state index is -0.0831. The van der Waals surface area contributed by atoms with E-state index in [0.717, 1.165) is 0 Å². The van der Waals surface area contributed by atoms with E-state index in [-0.39, 0.29) is 12.5 Å². The van der Waals surface area contributed by atoms with Gasteiger partial charge in [-0.15, -0.1) is 0 Å². The Balaban J connectivity index is 2.84. The van der Waals surface area contributed by atoms with Crippen molar-refractivity contribution in [3.63, 3.8) is 0 Å². The van der Waals surface area contributed by atoms with Crippen LogP contribution < -0.4 is 10.5 Å². The van der Waals surface area contributed by atoms with Crippen LogP contribution in [0.4, 0.5) is 5.69 Å². The zero-order valence-corrected chi connectivity index (χ0v) is 10.8. The van der Waals surface area contributed by atoms with Crippen LogP contribution in [-0.2, 0) is 0 Å². The van der Waals surface area contributed by atoms with Crippen molar-refractivity contribution in [1.82, 2.24) is 4.90 Å². The molecule has 1 amide bonds. The number of methoxy groups -OCH3 is 1. The van der Waals surface area contributed by atoms with Crippen LogP contribution in [0, 0.1) is 0 Å². The van der Waals surface area contributed by atoms with Gasteiger partial charge in [-0.1, -0.05) is 0 Å². The number of anilines is 1. The molecule has 0 aliphatic carbocycles. The normalized spacial score (nSPS) is 10.2. The van der Waals surface area contributed by atoms with Crippen molar-refractivity contribution in [2.24, 2.45) is 0 Å². The number of hydrogen-bond donors (Lipinski definition) is 2. The fourth-order valence-corrected chi connectivity index (χ4v) is 1.71. The topological polar surface area (TPSA) is 75.8 Å². The Hall–Kier alpha value is -1.75. The van der Waals surface area contributed by atoms with E-state index in [1.165, 1.54) is 7.11 Å². The summed E-state index contributed by atoms with van der Waals surface area (Å²) in [5.74, 6) is 0.477. The van der Waals surface area contributed by atoms with Crippen LogP contribution in [0.25, 0.3) is 0 Å². The summed E-state index contributed by atoms with van der Waals surface area (Å²) < 4.78 is 5.05. The number of hydrogen-bond acceptors (Lipinski definition) is 4. The highest BCUT2D eigenvalue weighted by atomic mass is 16.5. The van der Waals surface area contributed by atoms with Crippen LogP contribution in [-0.4, -0.2) is 42.7 Å². The molecule has 3 N–H and O–H groups in total. The van der Waals surface area contributed by atoms with E-state index in [0.29, 0.717) is 36.5 Å². The van der Waals surface area contributed by atoms with Crippen molar-refractivity contribution in [1.29, 1.82) is 0 Å². The Morgan fingerprint density at radius 3 is 2.72 bits per heavy atom. The van der Waals surface area contributed by atoms with Crippen molar-refractivity contribution < 1.29 is 14.6 Å². The second-order valence-electron chi connectivity index (χ2n) is 3.92. The molecule has 0 saturated carbocycles. The van der Waals surface area contributed by atoms with Gasteiger partial charge in [0.05, 0.1) is 12.8 Å². The molecule has 0 fully saturated rings. The summed E-state index contributed by atoms with van der Waals surface area (Å²) in [5, 5.41) is 8.80. The summed E-state index contributed by atoms with van der Waals surface area (Å²) >= 11 is 0. The summed E-state index contributed by atoms with van der Waals surface area (Å²) in [5.41, 5.74) is 6.76. The summed E-state index contributed by atoms with van der Waals surface area (Å²) in [6.07, 6.45) is 0.575. The molecule has 0 atom stereocenters. The highest BCUT2D eigenvalue weighted by Gasteiger charge is 2.14. The smallest absolute Gasteiger partial charge is 0.253 e. The van der Waals surface area contributed by atoms with Crippen LogP contribution in [0.3, 0.4) is 0 Å². The zero-order chi connectivity index (χ0) is 13.5. The maximum absolute atomic E-state index is 12.2. The van der Waals surface area contributed by atoms with Gasteiger partial charge in [-0.2, -0.15) is 0 Å². The molecule has 0 saturated heterocycles. The minimum Gasteiger partial charge on any atom is -0.495 e. The van der Waals surface area contributed by atoms with Gasteiger partial charge in [-0.25, -0.2) is 0 Å². The van der Waals surface area contributed by atoms with Gasteiger partial charge in [0.1, 0.15) is 5.75 Å². The molecule has 0 unspecified atom stereocenters. The van der Waals surface area contributed by atoms with Crippen molar-refractivity contribution in [3.05, 3.63) is 23.8 Å². The van der Waals surface area contributed by atoms with E-state index in [1.807, 2.05) is 6.92 Å². The molecule has 0 bridgehead atoms. The number of aliphatic hydroxyl groups excluding tert-OH is 1. The quantitative estimate of drug-likeness (QED) is 0.744. The number of rotatable bonds is 6. The van der Waals surface area contributed by atoms with Crippen LogP contribution in [0.15, 0.2) is 18.2 Å². The molecular formula is C13H20N2O3. The first-order valence-electron chi connectivity index (χ1n) is 5.97. The second-order valence-corrected chi connectivity index (χ2v) is 3.92. The molecule has 5 nitrogen and oxygen atoms in total. The van der Waals surface area contributed by atoms with E-state index < -0.39 is 0 Å². The molecule has 1 aromatic carbocycles. The van der Waals surface area contributed by atoms with E-state index in [1.54, 1.807) is 23.1 Å². The van der Waals surface area contributed by atoms with Crippen LogP contribution in [0.5, 0.6) is 5.75 Å². The first-order chi connectivity index (χ1) is 8.63. The number of amides is 1. The average molecular weight is 252 g/mol. The molecular weight excluding hydrogens is 232 g/mol. The zero-order valence-electron chi connectivity index (χ0n) is 10.8. The standard InChI is InChI=1S/C13H20N2O3/c1-3-15(7-4-8-16)13(17)10-5-6-12(18-2)11(14)9-10/h5-6,9,16H,3-4,7-8,14H2,1-2H3. The number of aliphatic hydroxyl groups is 1.